The lowest BCUT2D eigenvalue weighted by atomic mass is 9.83. The summed E-state index contributed by atoms with van der Waals surface area (Å²) in [5.41, 5.74) is 7.28. The molecule has 1 aliphatic carbocycles. The van der Waals surface area contributed by atoms with E-state index < -0.39 is 193 Å². The molecule has 0 radical (unpaired) electrons. The Labute approximate surface area is 524 Å². The molecule has 22 heteroatoms. The van der Waals surface area contributed by atoms with Crippen LogP contribution in [0.2, 0.25) is 0 Å². The average molecular weight is 1240 g/mol. The molecule has 2 aromatic carbocycles. The summed E-state index contributed by atoms with van der Waals surface area (Å²) in [5, 5.41) is 37.5. The Kier molecular flexibility index (Phi) is 29.4. The van der Waals surface area contributed by atoms with Crippen LogP contribution >= 0.6 is 0 Å². The fraction of sp³-hybridized carbons (Fsp3) is 0.642. The van der Waals surface area contributed by atoms with Crippen LogP contribution in [0.5, 0.6) is 0 Å². The zero-order valence-electron chi connectivity index (χ0n) is 53.9. The first kappa shape index (κ1) is 74.3. The normalized spacial score (nSPS) is 21.4. The summed E-state index contributed by atoms with van der Waals surface area (Å²) >= 11 is 0. The number of nitrogens with two attached hydrogens (primary N) is 1. The zero-order chi connectivity index (χ0) is 66.4. The number of nitrogens with one attached hydrogen (secondary N) is 6. The van der Waals surface area contributed by atoms with Gasteiger partial charge >= 0.3 is 5.97 Å². The lowest BCUT2D eigenvalue weighted by Crippen LogP contribution is -2.56. The van der Waals surface area contributed by atoms with Gasteiger partial charge in [-0.05, 0) is 79.4 Å². The van der Waals surface area contributed by atoms with E-state index in [1.54, 1.807) is 48.5 Å². The van der Waals surface area contributed by atoms with E-state index in [4.69, 9.17) is 10.5 Å². The summed E-state index contributed by atoms with van der Waals surface area (Å²) in [5.74, 6) is -15.7. The van der Waals surface area contributed by atoms with Crippen LogP contribution in [0.15, 0.2) is 54.6 Å². The van der Waals surface area contributed by atoms with Crippen molar-refractivity contribution in [3.63, 3.8) is 0 Å². The quantitative estimate of drug-likeness (QED) is 0.0429. The summed E-state index contributed by atoms with van der Waals surface area (Å²) in [6.45, 7) is 17.1. The van der Waals surface area contributed by atoms with Gasteiger partial charge in [0.25, 0.3) is 0 Å². The molecule has 15 atom stereocenters. The Morgan fingerprint density at radius 2 is 1.17 bits per heavy atom. The van der Waals surface area contributed by atoms with Gasteiger partial charge in [-0.25, -0.2) is 4.79 Å². The third-order valence-electron chi connectivity index (χ3n) is 18.3. The molecule has 7 amide bonds. The second kappa shape index (κ2) is 35.3. The van der Waals surface area contributed by atoms with E-state index in [2.05, 4.69) is 31.9 Å². The summed E-state index contributed by atoms with van der Waals surface area (Å²) < 4.78 is 5.76. The Balaban J connectivity index is 1.49. The van der Waals surface area contributed by atoms with Gasteiger partial charge < -0.3 is 52.6 Å². The van der Waals surface area contributed by atoms with Crippen molar-refractivity contribution in [2.24, 2.45) is 59.0 Å². The third kappa shape index (κ3) is 21.2. The van der Waals surface area contributed by atoms with Crippen molar-refractivity contribution < 1.29 is 72.5 Å². The number of cyclic esters (lactones) is 1. The molecule has 1 aliphatic heterocycles. The number of primary amides is 1. The maximum atomic E-state index is 14.5. The van der Waals surface area contributed by atoms with Crippen molar-refractivity contribution in [3.8, 4) is 11.1 Å². The second-order valence-corrected chi connectivity index (χ2v) is 25.1. The van der Waals surface area contributed by atoms with Crippen LogP contribution < -0.4 is 37.6 Å². The summed E-state index contributed by atoms with van der Waals surface area (Å²) in [6, 6.07) is 11.4. The minimum Gasteiger partial charge on any atom is -0.458 e. The van der Waals surface area contributed by atoms with Gasteiger partial charge in [-0.1, -0.05) is 150 Å². The molecule has 0 aromatic heterocycles. The number of aliphatic hydroxyl groups excluding tert-OH is 2. The van der Waals surface area contributed by atoms with Gasteiger partial charge in [0, 0.05) is 49.9 Å². The molecule has 10 N–H and O–H groups in total. The topological polar surface area (TPSA) is 353 Å². The van der Waals surface area contributed by atoms with Gasteiger partial charge in [-0.3, -0.25) is 52.7 Å². The Morgan fingerprint density at radius 3 is 1.67 bits per heavy atom. The minimum absolute atomic E-state index is 0.294. The van der Waals surface area contributed by atoms with Crippen molar-refractivity contribution in [1.82, 2.24) is 31.9 Å². The molecular weight excluding hydrogens is 1140 g/mol. The Hall–Kier alpha value is -7.20. The molecule has 492 valence electrons. The molecule has 2 aliphatic rings. The van der Waals surface area contributed by atoms with E-state index in [0.717, 1.165) is 16.7 Å². The fourth-order valence-electron chi connectivity index (χ4n) is 11.0. The van der Waals surface area contributed by atoms with Crippen LogP contribution in [0.3, 0.4) is 0 Å². The van der Waals surface area contributed by atoms with Gasteiger partial charge in [0.1, 0.15) is 23.7 Å². The molecule has 2 fully saturated rings. The van der Waals surface area contributed by atoms with Crippen LogP contribution in [-0.2, 0) is 68.7 Å². The zero-order valence-corrected chi connectivity index (χ0v) is 53.9. The van der Waals surface area contributed by atoms with Crippen molar-refractivity contribution in [2.45, 2.75) is 208 Å². The minimum atomic E-state index is -1.57. The summed E-state index contributed by atoms with van der Waals surface area (Å²) in [6.07, 6.45) is -0.937. The smallest absolute Gasteiger partial charge is 0.329 e. The number of esters is 1. The van der Waals surface area contributed by atoms with Crippen molar-refractivity contribution in [1.29, 1.82) is 0 Å². The van der Waals surface area contributed by atoms with Gasteiger partial charge in [0.2, 0.25) is 41.4 Å². The molecule has 2 aromatic rings. The van der Waals surface area contributed by atoms with Crippen LogP contribution in [0.1, 0.15) is 165 Å². The SMILES string of the molecule is CC[C@H](Cc1ccc(-c2ccccc2)cc1)C(=O)N[C@H](C(=O)C[C@@H](CO)C(=O)N[C@H](CCC(N)=O)C(=O)C[C@@H](C(=O)N[C@H](C(=O)C[C@@H](CO)C(=O)N[C@H]1C(=O)C[C@@H](C)C(=O)NC2(CC2)C(=O)N[C@@H]([C@@H](C)CC)C(=O)O[C@H]1C)[C@@H](C)CC)[C@@H](C)CC)[C@@H](C)CC. The van der Waals surface area contributed by atoms with E-state index in [0.29, 0.717) is 51.4 Å². The van der Waals surface area contributed by atoms with Crippen molar-refractivity contribution >= 4 is 70.5 Å². The molecule has 1 spiro atoms. The number of ketones is 4. The molecule has 0 bridgehead atoms. The average Bonchev–Trinajstić information content (AvgIpc) is 1.71. The standard InChI is InChI=1S/C67H99N7O15/c1-12-37(6)49(34-51(77)50(26-27-55(68)81)69-62(84)47(35-75)32-53(79)56(38(7)13-2)70-61(83)44(16-5)31-43-22-24-46(25-23-43)45-20-18-17-19-21-45)64(86)71-57(39(8)14-3)54(80)33-48(36-76)63(85)72-59-42(11)89-65(87)58(40(9)15-4)73-66(88)67(28-29-67)74-60(82)41(10)30-52(59)78/h17-25,37-42,44,47-50,56-59,75-76H,12-16,26-36H2,1-11H3,(H2,68,81)(H,69,84)(H,70,83)(H,71,86)(H,72,85)(H,73,88)(H,74,82)/t37-,38-,39-,40-,41+,42-,44+,47-,48-,49+,50+,56-,57-,58-,59+/m0/s1. The number of rotatable bonds is 34. The first-order valence-electron chi connectivity index (χ1n) is 31.9. The van der Waals surface area contributed by atoms with E-state index in [9.17, 15) is 67.7 Å². The number of carbonyl (C=O) groups excluding carboxylic acids is 12. The monoisotopic (exact) mass is 1240 g/mol. The number of benzene rings is 2. The van der Waals surface area contributed by atoms with E-state index in [1.807, 2.05) is 68.4 Å². The molecule has 0 unspecified atom stereocenters. The maximum absolute atomic E-state index is 14.5. The summed E-state index contributed by atoms with van der Waals surface area (Å²) in [7, 11) is 0. The van der Waals surface area contributed by atoms with Gasteiger partial charge in [-0.2, -0.15) is 0 Å². The highest BCUT2D eigenvalue weighted by Gasteiger charge is 2.53. The molecule has 1 heterocycles. The van der Waals surface area contributed by atoms with Crippen LogP contribution in [0, 0.1) is 53.3 Å². The highest BCUT2D eigenvalue weighted by molar-refractivity contribution is 6.00. The second-order valence-electron chi connectivity index (χ2n) is 25.1. The van der Waals surface area contributed by atoms with Crippen LogP contribution in [-0.4, -0.2) is 136 Å². The first-order valence-corrected chi connectivity index (χ1v) is 31.9. The third-order valence-corrected chi connectivity index (χ3v) is 18.3. The maximum Gasteiger partial charge on any atom is 0.329 e. The van der Waals surface area contributed by atoms with Gasteiger partial charge in [-0.15, -0.1) is 0 Å². The van der Waals surface area contributed by atoms with E-state index >= 15 is 0 Å². The van der Waals surface area contributed by atoms with Gasteiger partial charge in [0.15, 0.2) is 23.1 Å². The molecule has 89 heavy (non-hydrogen) atoms. The number of ether oxygens (including phenoxy) is 1. The van der Waals surface area contributed by atoms with E-state index in [1.165, 1.54) is 13.8 Å². The van der Waals surface area contributed by atoms with Crippen LogP contribution in [0.4, 0.5) is 0 Å². The largest absolute Gasteiger partial charge is 0.458 e. The highest BCUT2D eigenvalue weighted by atomic mass is 16.5. The molecule has 22 nitrogen and oxygen atoms in total. The lowest BCUT2D eigenvalue weighted by Gasteiger charge is -2.30. The highest BCUT2D eigenvalue weighted by Crippen LogP contribution is 2.37. The van der Waals surface area contributed by atoms with Crippen molar-refractivity contribution in [2.75, 3.05) is 13.2 Å². The number of amides is 7. The Morgan fingerprint density at radius 1 is 0.640 bits per heavy atom. The number of hydrogen-bond donors (Lipinski definition) is 9. The number of hydrogen-bond acceptors (Lipinski definition) is 15. The summed E-state index contributed by atoms with van der Waals surface area (Å²) in [4.78, 5) is 166. The number of carbonyl (C=O) groups is 12. The first-order chi connectivity index (χ1) is 42.1. The predicted molar refractivity (Wildman–Crippen MR) is 333 cm³/mol. The number of Topliss-reactive ketones (excluding diaryl/α,β-unsaturated/α-hetero) is 4. The van der Waals surface area contributed by atoms with Crippen LogP contribution in [0.25, 0.3) is 11.1 Å². The molecule has 1 saturated carbocycles. The van der Waals surface area contributed by atoms with E-state index in [-0.39, 0.29) is 24.7 Å². The van der Waals surface area contributed by atoms with Gasteiger partial charge in [0.05, 0.1) is 43.2 Å². The predicted octanol–water partition coefficient (Wildman–Crippen LogP) is 4.70. The molecule has 4 rings (SSSR count). The molecule has 1 saturated heterocycles. The fourth-order valence-corrected chi connectivity index (χ4v) is 11.0. The molecular formula is C67H99N7O15. The lowest BCUT2D eigenvalue weighted by molar-refractivity contribution is -0.157. The van der Waals surface area contributed by atoms with Crippen molar-refractivity contribution in [3.05, 3.63) is 60.2 Å². The number of aliphatic hydroxyl groups is 2. The Bertz CT molecular complexity index is 2790.